The molecule has 0 atom stereocenters. The van der Waals surface area contributed by atoms with Crippen LogP contribution >= 0.6 is 11.8 Å². The predicted octanol–water partition coefficient (Wildman–Crippen LogP) is 3.72. The summed E-state index contributed by atoms with van der Waals surface area (Å²) >= 11 is 1.35. The summed E-state index contributed by atoms with van der Waals surface area (Å²) in [6, 6.07) is 10.00. The second-order valence-electron chi connectivity index (χ2n) is 5.92. The largest absolute Gasteiger partial charge is 0.508 e. The monoisotopic (exact) mass is 357 g/mol. The van der Waals surface area contributed by atoms with Crippen LogP contribution in [0.4, 0.5) is 0 Å². The molecule has 0 fully saturated rings. The van der Waals surface area contributed by atoms with E-state index in [0.29, 0.717) is 17.3 Å². The number of thioether (sulfide) groups is 1. The molecule has 3 rings (SSSR count). The van der Waals surface area contributed by atoms with Crippen molar-refractivity contribution in [3.05, 3.63) is 59.8 Å². The third-order valence-electron chi connectivity index (χ3n) is 3.68. The third kappa shape index (κ3) is 4.11. The van der Waals surface area contributed by atoms with Crippen molar-refractivity contribution in [2.75, 3.05) is 5.75 Å². The zero-order chi connectivity index (χ0) is 17.8. The number of phenolic OH excluding ortho intramolecular Hbond substituents is 1. The van der Waals surface area contributed by atoms with Crippen molar-refractivity contribution in [1.82, 2.24) is 14.8 Å². The summed E-state index contributed by atoms with van der Waals surface area (Å²) in [5, 5.41) is 18.5. The molecule has 1 aromatic carbocycles. The Balaban J connectivity index is 1.75. The Kier molecular flexibility index (Phi) is 5.23. The van der Waals surface area contributed by atoms with Crippen LogP contribution in [0.1, 0.15) is 41.7 Å². The van der Waals surface area contributed by atoms with E-state index in [1.807, 2.05) is 16.7 Å². The van der Waals surface area contributed by atoms with Gasteiger partial charge in [-0.05, 0) is 36.4 Å². The number of phenols is 1. The summed E-state index contributed by atoms with van der Waals surface area (Å²) in [6.07, 6.45) is 1.63. The van der Waals surface area contributed by atoms with Crippen LogP contribution in [0.3, 0.4) is 0 Å². The number of carbonyl (C=O) groups is 1. The number of hydrogen-bond donors (Lipinski definition) is 1. The smallest absolute Gasteiger partial charge is 0.192 e. The molecule has 0 aliphatic rings. The molecule has 0 aliphatic heterocycles. The number of benzene rings is 1. The highest BCUT2D eigenvalue weighted by molar-refractivity contribution is 7.99. The molecule has 0 radical (unpaired) electrons. The molecule has 0 unspecified atom stereocenters. The van der Waals surface area contributed by atoms with E-state index in [1.54, 1.807) is 18.4 Å². The number of ketones is 1. The molecule has 2 heterocycles. The van der Waals surface area contributed by atoms with Crippen LogP contribution in [-0.4, -0.2) is 31.4 Å². The lowest BCUT2D eigenvalue weighted by Gasteiger charge is -2.10. The van der Waals surface area contributed by atoms with Gasteiger partial charge in [-0.3, -0.25) is 9.36 Å². The minimum atomic E-state index is -0.0244. The average Bonchev–Trinajstić information content (AvgIpc) is 3.24. The van der Waals surface area contributed by atoms with Crippen molar-refractivity contribution in [3.8, 4) is 5.75 Å². The molecule has 1 N–H and O–H groups in total. The molecule has 0 saturated heterocycles. The first-order valence-corrected chi connectivity index (χ1v) is 8.93. The maximum atomic E-state index is 12.3. The van der Waals surface area contributed by atoms with E-state index in [-0.39, 0.29) is 23.2 Å². The van der Waals surface area contributed by atoms with Gasteiger partial charge < -0.3 is 9.52 Å². The second kappa shape index (κ2) is 7.57. The van der Waals surface area contributed by atoms with E-state index in [9.17, 15) is 9.90 Å². The van der Waals surface area contributed by atoms with Gasteiger partial charge in [0.25, 0.3) is 0 Å². The lowest BCUT2D eigenvalue weighted by Crippen LogP contribution is -2.09. The summed E-state index contributed by atoms with van der Waals surface area (Å²) in [4.78, 5) is 12.3. The van der Waals surface area contributed by atoms with Gasteiger partial charge in [-0.25, -0.2) is 0 Å². The van der Waals surface area contributed by atoms with Crippen molar-refractivity contribution >= 4 is 17.5 Å². The van der Waals surface area contributed by atoms with Gasteiger partial charge in [0.2, 0.25) is 0 Å². The van der Waals surface area contributed by atoms with Gasteiger partial charge in [0, 0.05) is 11.5 Å². The van der Waals surface area contributed by atoms with Gasteiger partial charge in [0.05, 0.1) is 18.6 Å². The number of nitrogens with zero attached hydrogens (tertiary/aromatic N) is 3. The van der Waals surface area contributed by atoms with E-state index in [0.717, 1.165) is 11.6 Å². The average molecular weight is 357 g/mol. The van der Waals surface area contributed by atoms with Crippen molar-refractivity contribution in [2.45, 2.75) is 31.5 Å². The number of furan rings is 1. The molecule has 0 bridgehead atoms. The van der Waals surface area contributed by atoms with Crippen LogP contribution in [-0.2, 0) is 6.54 Å². The standard InChI is InChI=1S/C18H19N3O3S/c1-12(2)17-19-20-18(21(17)10-15-4-3-9-24-15)25-11-16(23)13-5-7-14(22)8-6-13/h3-9,12,22H,10-11H2,1-2H3. The molecule has 7 heteroatoms. The normalized spacial score (nSPS) is 11.2. The Labute approximate surface area is 149 Å². The Hall–Kier alpha value is -2.54. The maximum absolute atomic E-state index is 12.3. The lowest BCUT2D eigenvalue weighted by molar-refractivity contribution is 0.102. The molecule has 0 saturated carbocycles. The van der Waals surface area contributed by atoms with Crippen molar-refractivity contribution in [1.29, 1.82) is 0 Å². The van der Waals surface area contributed by atoms with Crippen molar-refractivity contribution < 1.29 is 14.3 Å². The number of hydrogen-bond acceptors (Lipinski definition) is 6. The second-order valence-corrected chi connectivity index (χ2v) is 6.86. The quantitative estimate of drug-likeness (QED) is 0.513. The summed E-state index contributed by atoms with van der Waals surface area (Å²) in [5.41, 5.74) is 0.562. The molecular weight excluding hydrogens is 338 g/mol. The van der Waals surface area contributed by atoms with E-state index < -0.39 is 0 Å². The summed E-state index contributed by atoms with van der Waals surface area (Å²) in [6.45, 7) is 4.64. The van der Waals surface area contributed by atoms with Gasteiger partial charge in [0.15, 0.2) is 10.9 Å². The van der Waals surface area contributed by atoms with Crippen LogP contribution in [0.25, 0.3) is 0 Å². The van der Waals surface area contributed by atoms with Gasteiger partial charge in [-0.15, -0.1) is 10.2 Å². The van der Waals surface area contributed by atoms with E-state index >= 15 is 0 Å². The summed E-state index contributed by atoms with van der Waals surface area (Å²) in [5.74, 6) is 2.25. The zero-order valence-corrected chi connectivity index (χ0v) is 14.9. The fourth-order valence-corrected chi connectivity index (χ4v) is 3.24. The minimum absolute atomic E-state index is 0.0244. The van der Waals surface area contributed by atoms with Crippen LogP contribution in [0.5, 0.6) is 5.75 Å². The molecule has 0 aliphatic carbocycles. The van der Waals surface area contributed by atoms with E-state index in [1.165, 1.54) is 23.9 Å². The van der Waals surface area contributed by atoms with E-state index in [2.05, 4.69) is 24.0 Å². The number of aromatic nitrogens is 3. The fraction of sp³-hybridized carbons (Fsp3) is 0.278. The van der Waals surface area contributed by atoms with E-state index in [4.69, 9.17) is 4.42 Å². The zero-order valence-electron chi connectivity index (χ0n) is 14.0. The summed E-state index contributed by atoms with van der Waals surface area (Å²) < 4.78 is 7.41. The molecule has 3 aromatic rings. The Bertz CT molecular complexity index is 839. The SMILES string of the molecule is CC(C)c1nnc(SCC(=O)c2ccc(O)cc2)n1Cc1ccco1. The molecule has 25 heavy (non-hydrogen) atoms. The highest BCUT2D eigenvalue weighted by Gasteiger charge is 2.18. The topological polar surface area (TPSA) is 81.1 Å². The van der Waals surface area contributed by atoms with Gasteiger partial charge in [-0.1, -0.05) is 25.6 Å². The number of Topliss-reactive ketones (excluding diaryl/α,β-unsaturated/α-hetero) is 1. The predicted molar refractivity (Wildman–Crippen MR) is 95.1 cm³/mol. The first-order chi connectivity index (χ1) is 12.0. The Morgan fingerprint density at radius 3 is 2.64 bits per heavy atom. The van der Waals surface area contributed by atoms with Crippen LogP contribution in [0, 0.1) is 0 Å². The Morgan fingerprint density at radius 1 is 1.24 bits per heavy atom. The molecular formula is C18H19N3O3S. The Morgan fingerprint density at radius 2 is 2.00 bits per heavy atom. The van der Waals surface area contributed by atoms with Gasteiger partial charge in [0.1, 0.15) is 17.3 Å². The molecule has 6 nitrogen and oxygen atoms in total. The maximum Gasteiger partial charge on any atom is 0.192 e. The number of aromatic hydroxyl groups is 1. The molecule has 0 spiro atoms. The first-order valence-electron chi connectivity index (χ1n) is 7.95. The van der Waals surface area contributed by atoms with Gasteiger partial charge in [-0.2, -0.15) is 0 Å². The van der Waals surface area contributed by atoms with Gasteiger partial charge >= 0.3 is 0 Å². The molecule has 2 aromatic heterocycles. The van der Waals surface area contributed by atoms with Crippen LogP contribution in [0.2, 0.25) is 0 Å². The number of carbonyl (C=O) groups excluding carboxylic acids is 1. The number of rotatable bonds is 7. The molecule has 0 amide bonds. The third-order valence-corrected chi connectivity index (χ3v) is 4.64. The van der Waals surface area contributed by atoms with Crippen LogP contribution in [0.15, 0.2) is 52.2 Å². The molecule has 130 valence electrons. The lowest BCUT2D eigenvalue weighted by atomic mass is 10.1. The minimum Gasteiger partial charge on any atom is -0.508 e. The van der Waals surface area contributed by atoms with Crippen molar-refractivity contribution in [3.63, 3.8) is 0 Å². The summed E-state index contributed by atoms with van der Waals surface area (Å²) in [7, 11) is 0. The fourth-order valence-electron chi connectivity index (χ4n) is 2.40. The highest BCUT2D eigenvalue weighted by atomic mass is 32.2. The highest BCUT2D eigenvalue weighted by Crippen LogP contribution is 2.24. The van der Waals surface area contributed by atoms with Crippen molar-refractivity contribution in [2.24, 2.45) is 0 Å². The van der Waals surface area contributed by atoms with Crippen LogP contribution < -0.4 is 0 Å². The first kappa shape index (κ1) is 17.3.